The van der Waals surface area contributed by atoms with Crippen molar-refractivity contribution in [3.8, 4) is 0 Å². The number of imidazole rings is 1. The molecular formula is C15H24N4OS. The first-order chi connectivity index (χ1) is 10.2. The van der Waals surface area contributed by atoms with E-state index in [0.29, 0.717) is 11.2 Å². The Kier molecular flexibility index (Phi) is 4.73. The van der Waals surface area contributed by atoms with Gasteiger partial charge in [0.25, 0.3) is 0 Å². The third-order valence-electron chi connectivity index (χ3n) is 4.43. The summed E-state index contributed by atoms with van der Waals surface area (Å²) in [6, 6.07) is 0.0661. The molecule has 21 heavy (non-hydrogen) atoms. The first-order valence-electron chi connectivity index (χ1n) is 7.83. The molecule has 0 aromatic carbocycles. The molecule has 0 aliphatic carbocycles. The largest absolute Gasteiger partial charge is 0.337 e. The first-order valence-corrected chi connectivity index (χ1v) is 8.88. The topological polar surface area (TPSA) is 50.2 Å². The molecule has 0 unspecified atom stereocenters. The molecule has 116 valence electrons. The highest BCUT2D eigenvalue weighted by molar-refractivity contribution is 8.00. The summed E-state index contributed by atoms with van der Waals surface area (Å²) in [5.74, 6) is 2.92. The molecule has 2 amide bonds. The molecule has 1 aromatic rings. The van der Waals surface area contributed by atoms with Crippen molar-refractivity contribution in [2.45, 2.75) is 37.5 Å². The fourth-order valence-electron chi connectivity index (χ4n) is 3.18. The molecule has 2 atom stereocenters. The minimum atomic E-state index is 0.0661. The maximum atomic E-state index is 12.2. The van der Waals surface area contributed by atoms with Crippen molar-refractivity contribution in [2.24, 2.45) is 5.92 Å². The van der Waals surface area contributed by atoms with Gasteiger partial charge in [-0.15, -0.1) is 0 Å². The van der Waals surface area contributed by atoms with E-state index in [1.165, 1.54) is 18.6 Å². The Bertz CT molecular complexity index is 484. The summed E-state index contributed by atoms with van der Waals surface area (Å²) in [6.07, 6.45) is 8.53. The second-order valence-electron chi connectivity index (χ2n) is 6.10. The van der Waals surface area contributed by atoms with E-state index in [-0.39, 0.29) is 6.03 Å². The average Bonchev–Trinajstić information content (AvgIpc) is 3.15. The number of fused-ring (bicyclic) bond motifs is 1. The molecule has 2 aliphatic rings. The van der Waals surface area contributed by atoms with Crippen molar-refractivity contribution in [1.82, 2.24) is 19.8 Å². The molecule has 1 N–H and O–H groups in total. The van der Waals surface area contributed by atoms with E-state index >= 15 is 0 Å². The summed E-state index contributed by atoms with van der Waals surface area (Å²) in [5, 5.41) is 3.69. The highest BCUT2D eigenvalue weighted by Crippen LogP contribution is 2.25. The van der Waals surface area contributed by atoms with Gasteiger partial charge in [0, 0.05) is 50.7 Å². The van der Waals surface area contributed by atoms with E-state index in [0.717, 1.165) is 38.3 Å². The Hall–Kier alpha value is -1.17. The van der Waals surface area contributed by atoms with Crippen LogP contribution in [0.15, 0.2) is 12.4 Å². The van der Waals surface area contributed by atoms with Gasteiger partial charge in [-0.25, -0.2) is 9.78 Å². The van der Waals surface area contributed by atoms with Gasteiger partial charge in [0.1, 0.15) is 5.82 Å². The lowest BCUT2D eigenvalue weighted by Crippen LogP contribution is -2.43. The maximum absolute atomic E-state index is 12.2. The maximum Gasteiger partial charge on any atom is 0.317 e. The second kappa shape index (κ2) is 6.73. The van der Waals surface area contributed by atoms with Gasteiger partial charge in [-0.1, -0.05) is 0 Å². The van der Waals surface area contributed by atoms with Gasteiger partial charge in [-0.3, -0.25) is 0 Å². The summed E-state index contributed by atoms with van der Waals surface area (Å²) in [4.78, 5) is 18.4. The Morgan fingerprint density at radius 1 is 1.57 bits per heavy atom. The van der Waals surface area contributed by atoms with Gasteiger partial charge in [0.2, 0.25) is 0 Å². The number of carbonyl (C=O) groups excluding carboxylic acids is 1. The van der Waals surface area contributed by atoms with Gasteiger partial charge in [0.15, 0.2) is 0 Å². The van der Waals surface area contributed by atoms with Crippen LogP contribution in [-0.4, -0.2) is 51.6 Å². The fraction of sp³-hybridized carbons (Fsp3) is 0.733. The van der Waals surface area contributed by atoms with Crippen LogP contribution in [0.2, 0.25) is 0 Å². The minimum absolute atomic E-state index is 0.0661. The molecule has 5 nitrogen and oxygen atoms in total. The zero-order valence-corrected chi connectivity index (χ0v) is 13.4. The standard InChI is InChI=1S/C15H24N4OS/c1-18(15(20)17-10-13-3-2-8-21-13)11-12-4-6-19-7-5-16-14(19)9-12/h5,7,12-13H,2-4,6,8-11H2,1H3,(H,17,20)/t12-,13-/m1/s1. The molecule has 0 bridgehead atoms. The summed E-state index contributed by atoms with van der Waals surface area (Å²) in [5.41, 5.74) is 0. The number of nitrogens with zero attached hydrogens (tertiary/aromatic N) is 3. The minimum Gasteiger partial charge on any atom is -0.337 e. The van der Waals surface area contributed by atoms with Gasteiger partial charge in [-0.05, 0) is 30.9 Å². The van der Waals surface area contributed by atoms with Crippen LogP contribution in [0.4, 0.5) is 4.79 Å². The normalized spacial score (nSPS) is 24.6. The molecule has 1 aromatic heterocycles. The lowest BCUT2D eigenvalue weighted by Gasteiger charge is -2.28. The van der Waals surface area contributed by atoms with Crippen molar-refractivity contribution >= 4 is 17.8 Å². The number of urea groups is 1. The highest BCUT2D eigenvalue weighted by Gasteiger charge is 2.23. The van der Waals surface area contributed by atoms with Crippen molar-refractivity contribution in [3.63, 3.8) is 0 Å². The SMILES string of the molecule is CN(C[C@@H]1CCn2ccnc2C1)C(=O)NC[C@H]1CCCS1. The third kappa shape index (κ3) is 3.73. The summed E-state index contributed by atoms with van der Waals surface area (Å²) >= 11 is 1.98. The van der Waals surface area contributed by atoms with Crippen LogP contribution < -0.4 is 5.32 Å². The van der Waals surface area contributed by atoms with Crippen LogP contribution in [0, 0.1) is 5.92 Å². The van der Waals surface area contributed by atoms with Crippen LogP contribution in [0.5, 0.6) is 0 Å². The molecule has 2 aliphatic heterocycles. The molecule has 3 rings (SSSR count). The number of aromatic nitrogens is 2. The molecule has 1 saturated heterocycles. The Balaban J connectivity index is 1.43. The smallest absolute Gasteiger partial charge is 0.317 e. The van der Waals surface area contributed by atoms with E-state index in [9.17, 15) is 4.79 Å². The molecule has 0 spiro atoms. The average molecular weight is 308 g/mol. The van der Waals surface area contributed by atoms with Gasteiger partial charge in [0.05, 0.1) is 0 Å². The Morgan fingerprint density at radius 2 is 2.48 bits per heavy atom. The molecule has 1 fully saturated rings. The first kappa shape index (κ1) is 14.8. The summed E-state index contributed by atoms with van der Waals surface area (Å²) in [7, 11) is 1.90. The van der Waals surface area contributed by atoms with Crippen LogP contribution in [0.25, 0.3) is 0 Å². The van der Waals surface area contributed by atoms with Crippen molar-refractivity contribution < 1.29 is 4.79 Å². The monoisotopic (exact) mass is 308 g/mol. The molecular weight excluding hydrogens is 284 g/mol. The number of rotatable bonds is 4. The van der Waals surface area contributed by atoms with E-state index in [4.69, 9.17) is 0 Å². The van der Waals surface area contributed by atoms with Crippen molar-refractivity contribution in [3.05, 3.63) is 18.2 Å². The molecule has 0 saturated carbocycles. The van der Waals surface area contributed by atoms with Crippen LogP contribution in [-0.2, 0) is 13.0 Å². The van der Waals surface area contributed by atoms with E-state index in [2.05, 4.69) is 14.9 Å². The van der Waals surface area contributed by atoms with Gasteiger partial charge in [-0.2, -0.15) is 11.8 Å². The van der Waals surface area contributed by atoms with E-state index in [1.54, 1.807) is 0 Å². The van der Waals surface area contributed by atoms with E-state index in [1.807, 2.05) is 36.1 Å². The lowest BCUT2D eigenvalue weighted by molar-refractivity contribution is 0.194. The second-order valence-corrected chi connectivity index (χ2v) is 7.51. The quantitative estimate of drug-likeness (QED) is 0.925. The fourth-order valence-corrected chi connectivity index (χ4v) is 4.38. The molecule has 0 radical (unpaired) electrons. The highest BCUT2D eigenvalue weighted by atomic mass is 32.2. The predicted octanol–water partition coefficient (Wildman–Crippen LogP) is 1.98. The number of aryl methyl sites for hydroxylation is 1. The Morgan fingerprint density at radius 3 is 3.29 bits per heavy atom. The van der Waals surface area contributed by atoms with Crippen LogP contribution in [0.3, 0.4) is 0 Å². The molecule has 3 heterocycles. The number of hydrogen-bond donors (Lipinski definition) is 1. The predicted molar refractivity (Wildman–Crippen MR) is 85.5 cm³/mol. The van der Waals surface area contributed by atoms with E-state index < -0.39 is 0 Å². The number of thioether (sulfide) groups is 1. The zero-order chi connectivity index (χ0) is 14.7. The zero-order valence-electron chi connectivity index (χ0n) is 12.6. The van der Waals surface area contributed by atoms with Crippen molar-refractivity contribution in [1.29, 1.82) is 0 Å². The Labute approximate surface area is 130 Å². The number of carbonyl (C=O) groups is 1. The third-order valence-corrected chi connectivity index (χ3v) is 5.83. The number of hydrogen-bond acceptors (Lipinski definition) is 3. The molecule has 6 heteroatoms. The number of nitrogens with one attached hydrogen (secondary N) is 1. The van der Waals surface area contributed by atoms with Crippen molar-refractivity contribution in [2.75, 3.05) is 25.9 Å². The van der Waals surface area contributed by atoms with Gasteiger partial charge < -0.3 is 14.8 Å². The van der Waals surface area contributed by atoms with Gasteiger partial charge >= 0.3 is 6.03 Å². The lowest BCUT2D eigenvalue weighted by atomic mass is 9.97. The number of amides is 2. The van der Waals surface area contributed by atoms with Crippen LogP contribution in [0.1, 0.15) is 25.1 Å². The summed E-state index contributed by atoms with van der Waals surface area (Å²) in [6.45, 7) is 2.65. The van der Waals surface area contributed by atoms with Crippen LogP contribution >= 0.6 is 11.8 Å². The summed E-state index contributed by atoms with van der Waals surface area (Å²) < 4.78 is 2.22.